The van der Waals surface area contributed by atoms with E-state index in [4.69, 9.17) is 9.97 Å². The van der Waals surface area contributed by atoms with Gasteiger partial charge in [0, 0.05) is 61.6 Å². The molecule has 0 radical (unpaired) electrons. The third-order valence-corrected chi connectivity index (χ3v) is 9.04. The smallest absolute Gasteiger partial charge is 0.162 e. The Hall–Kier alpha value is -2.76. The molecule has 1 aliphatic carbocycles. The van der Waals surface area contributed by atoms with E-state index in [9.17, 15) is 0 Å². The van der Waals surface area contributed by atoms with Crippen LogP contribution >= 0.6 is 0 Å². The van der Waals surface area contributed by atoms with Crippen molar-refractivity contribution in [3.05, 3.63) is 76.0 Å². The number of anilines is 1. The maximum absolute atomic E-state index is 5.43. The summed E-state index contributed by atoms with van der Waals surface area (Å²) in [6.07, 6.45) is 5.62. The van der Waals surface area contributed by atoms with Crippen LogP contribution in [-0.4, -0.2) is 59.0 Å². The molecule has 3 aromatic rings. The van der Waals surface area contributed by atoms with E-state index in [1.165, 1.54) is 52.6 Å². The predicted octanol–water partition coefficient (Wildman–Crippen LogP) is 6.62. The van der Waals surface area contributed by atoms with Gasteiger partial charge in [0.25, 0.3) is 0 Å². The largest absolute Gasteiger partial charge is 0.354 e. The summed E-state index contributed by atoms with van der Waals surface area (Å²) in [4.78, 5) is 18.3. The van der Waals surface area contributed by atoms with E-state index in [1.807, 2.05) is 0 Å². The minimum Gasteiger partial charge on any atom is -0.354 e. The summed E-state index contributed by atoms with van der Waals surface area (Å²) in [6.45, 7) is 16.3. The molecule has 0 unspecified atom stereocenters. The SMILES string of the molecule is CCc1cccc(CC)c1-c1nc(C)c(CN(C)[C@H]2CCCc3ccccc32)c(N2CCN(C(C)C)CC2)n1. The molecule has 1 aromatic heterocycles. The summed E-state index contributed by atoms with van der Waals surface area (Å²) in [5.41, 5.74) is 9.34. The van der Waals surface area contributed by atoms with E-state index in [0.717, 1.165) is 62.9 Å². The van der Waals surface area contributed by atoms with Gasteiger partial charge in [-0.2, -0.15) is 0 Å². The first kappa shape index (κ1) is 27.8. The van der Waals surface area contributed by atoms with E-state index in [-0.39, 0.29) is 0 Å². The second-order valence-corrected chi connectivity index (χ2v) is 11.7. The number of nitrogens with zero attached hydrogens (tertiary/aromatic N) is 5. The first-order valence-corrected chi connectivity index (χ1v) is 15.2. The number of benzene rings is 2. The summed E-state index contributed by atoms with van der Waals surface area (Å²) < 4.78 is 0. The van der Waals surface area contributed by atoms with Crippen molar-refractivity contribution >= 4 is 5.82 Å². The van der Waals surface area contributed by atoms with Crippen LogP contribution in [0.1, 0.15) is 80.1 Å². The third kappa shape index (κ3) is 5.76. The van der Waals surface area contributed by atoms with Gasteiger partial charge >= 0.3 is 0 Å². The van der Waals surface area contributed by atoms with Crippen molar-refractivity contribution in [2.24, 2.45) is 0 Å². The number of aryl methyl sites for hydroxylation is 4. The van der Waals surface area contributed by atoms with Gasteiger partial charge in [-0.1, -0.05) is 56.3 Å². The van der Waals surface area contributed by atoms with Crippen LogP contribution in [0.3, 0.4) is 0 Å². The van der Waals surface area contributed by atoms with E-state index >= 15 is 0 Å². The standard InChI is InChI=1S/C34H47N5/c1-7-26-14-11-15-27(8-2)32(26)33-35-25(5)30(34(36-33)39-21-19-38(20-22-39)24(3)4)23-37(6)31-18-12-16-28-13-9-10-17-29(28)31/h9-11,13-15,17,24,31H,7-8,12,16,18-23H2,1-6H3/t31-/m0/s1. The Morgan fingerprint density at radius 2 is 1.62 bits per heavy atom. The number of aromatic nitrogens is 2. The third-order valence-electron chi connectivity index (χ3n) is 9.04. The first-order valence-electron chi connectivity index (χ1n) is 15.2. The van der Waals surface area contributed by atoms with E-state index in [0.29, 0.717) is 12.1 Å². The number of hydrogen-bond donors (Lipinski definition) is 0. The molecule has 2 aliphatic rings. The molecule has 5 nitrogen and oxygen atoms in total. The van der Waals surface area contributed by atoms with Crippen molar-refractivity contribution in [1.82, 2.24) is 19.8 Å². The molecule has 2 heterocycles. The van der Waals surface area contributed by atoms with Gasteiger partial charge in [0.15, 0.2) is 5.82 Å². The Morgan fingerprint density at radius 3 is 2.28 bits per heavy atom. The molecule has 0 N–H and O–H groups in total. The van der Waals surface area contributed by atoms with Crippen molar-refractivity contribution in [2.45, 2.75) is 85.4 Å². The van der Waals surface area contributed by atoms with E-state index in [2.05, 4.69) is 98.8 Å². The highest BCUT2D eigenvalue weighted by Gasteiger charge is 2.28. The maximum atomic E-state index is 5.43. The molecule has 0 amide bonds. The summed E-state index contributed by atoms with van der Waals surface area (Å²) in [5.74, 6) is 2.04. The second kappa shape index (κ2) is 12.2. The molecule has 5 heteroatoms. The highest BCUT2D eigenvalue weighted by molar-refractivity contribution is 5.68. The molecule has 1 fully saturated rings. The lowest BCUT2D eigenvalue weighted by Crippen LogP contribution is -2.49. The Bertz CT molecular complexity index is 1250. The zero-order valence-electron chi connectivity index (χ0n) is 25.0. The van der Waals surface area contributed by atoms with Gasteiger partial charge in [-0.15, -0.1) is 0 Å². The Labute approximate surface area is 236 Å². The highest BCUT2D eigenvalue weighted by atomic mass is 15.3. The molecule has 39 heavy (non-hydrogen) atoms. The van der Waals surface area contributed by atoms with Crippen LogP contribution in [-0.2, 0) is 25.8 Å². The zero-order chi connectivity index (χ0) is 27.5. The average molecular weight is 526 g/mol. The maximum Gasteiger partial charge on any atom is 0.162 e. The van der Waals surface area contributed by atoms with Crippen molar-refractivity contribution in [1.29, 1.82) is 0 Å². The van der Waals surface area contributed by atoms with Crippen molar-refractivity contribution in [3.63, 3.8) is 0 Å². The fourth-order valence-corrected chi connectivity index (χ4v) is 6.67. The molecule has 1 atom stereocenters. The van der Waals surface area contributed by atoms with Gasteiger partial charge in [-0.25, -0.2) is 9.97 Å². The number of rotatable bonds is 8. The summed E-state index contributed by atoms with van der Waals surface area (Å²) in [5, 5.41) is 0. The number of fused-ring (bicyclic) bond motifs is 1. The monoisotopic (exact) mass is 525 g/mol. The molecule has 2 aromatic carbocycles. The summed E-state index contributed by atoms with van der Waals surface area (Å²) >= 11 is 0. The van der Waals surface area contributed by atoms with E-state index in [1.54, 1.807) is 0 Å². The van der Waals surface area contributed by atoms with Gasteiger partial charge in [0.05, 0.1) is 0 Å². The lowest BCUT2D eigenvalue weighted by atomic mass is 9.87. The zero-order valence-corrected chi connectivity index (χ0v) is 25.0. The molecule has 1 aliphatic heterocycles. The lowest BCUT2D eigenvalue weighted by Gasteiger charge is -2.39. The van der Waals surface area contributed by atoms with E-state index < -0.39 is 0 Å². The molecule has 0 saturated carbocycles. The molecular formula is C34H47N5. The quantitative estimate of drug-likeness (QED) is 0.330. The van der Waals surface area contributed by atoms with Crippen LogP contribution in [0.5, 0.6) is 0 Å². The fourth-order valence-electron chi connectivity index (χ4n) is 6.67. The molecule has 0 spiro atoms. The van der Waals surface area contributed by atoms with Gasteiger partial charge < -0.3 is 4.90 Å². The minimum absolute atomic E-state index is 0.437. The van der Waals surface area contributed by atoms with Crippen LogP contribution in [0.25, 0.3) is 11.4 Å². The minimum atomic E-state index is 0.437. The molecular weight excluding hydrogens is 478 g/mol. The van der Waals surface area contributed by atoms with Crippen LogP contribution in [0.4, 0.5) is 5.82 Å². The lowest BCUT2D eigenvalue weighted by molar-refractivity contribution is 0.205. The van der Waals surface area contributed by atoms with Gasteiger partial charge in [-0.05, 0) is 82.2 Å². The summed E-state index contributed by atoms with van der Waals surface area (Å²) in [7, 11) is 2.29. The molecule has 0 bridgehead atoms. The van der Waals surface area contributed by atoms with Crippen LogP contribution in [0.15, 0.2) is 42.5 Å². The van der Waals surface area contributed by atoms with Crippen LogP contribution < -0.4 is 4.90 Å². The first-order chi connectivity index (χ1) is 18.9. The Kier molecular flexibility index (Phi) is 8.68. The van der Waals surface area contributed by atoms with Gasteiger partial charge in [0.2, 0.25) is 0 Å². The summed E-state index contributed by atoms with van der Waals surface area (Å²) in [6, 6.07) is 16.7. The molecule has 5 rings (SSSR count). The molecule has 1 saturated heterocycles. The van der Waals surface area contributed by atoms with Crippen molar-refractivity contribution in [3.8, 4) is 11.4 Å². The number of hydrogen-bond acceptors (Lipinski definition) is 5. The topological polar surface area (TPSA) is 35.5 Å². The normalized spacial score (nSPS) is 18.2. The van der Waals surface area contributed by atoms with Gasteiger partial charge in [-0.3, -0.25) is 9.80 Å². The van der Waals surface area contributed by atoms with Crippen LogP contribution in [0.2, 0.25) is 0 Å². The molecule has 208 valence electrons. The fraction of sp³-hybridized carbons (Fsp3) is 0.529. The van der Waals surface area contributed by atoms with Crippen LogP contribution in [0, 0.1) is 6.92 Å². The average Bonchev–Trinajstić information content (AvgIpc) is 2.97. The van der Waals surface area contributed by atoms with Crippen molar-refractivity contribution < 1.29 is 0 Å². The number of piperazine rings is 1. The highest BCUT2D eigenvalue weighted by Crippen LogP contribution is 2.36. The Morgan fingerprint density at radius 1 is 0.923 bits per heavy atom. The predicted molar refractivity (Wildman–Crippen MR) is 163 cm³/mol. The van der Waals surface area contributed by atoms with Gasteiger partial charge in [0.1, 0.15) is 5.82 Å². The second-order valence-electron chi connectivity index (χ2n) is 11.7. The van der Waals surface area contributed by atoms with Crippen molar-refractivity contribution in [2.75, 3.05) is 38.1 Å². The Balaban J connectivity index is 1.55.